The van der Waals surface area contributed by atoms with E-state index >= 15 is 0 Å². The third-order valence-electron chi connectivity index (χ3n) is 1.41. The fraction of sp³-hybridized carbons (Fsp3) is 0.429. The first-order chi connectivity index (χ1) is 5.13. The summed E-state index contributed by atoms with van der Waals surface area (Å²) in [5.74, 6) is -1.32. The van der Waals surface area contributed by atoms with Crippen molar-refractivity contribution < 1.29 is 9.18 Å². The number of carbonyl (C=O) groups is 1. The van der Waals surface area contributed by atoms with Gasteiger partial charge in [0.1, 0.15) is 0 Å². The van der Waals surface area contributed by atoms with Gasteiger partial charge in [0.05, 0.1) is 5.70 Å². The molecule has 0 spiro atoms. The number of nitrogens with zero attached hydrogens (tertiary/aromatic N) is 1. The fourth-order valence-electron chi connectivity index (χ4n) is 0.833. The lowest BCUT2D eigenvalue weighted by atomic mass is 10.1. The van der Waals surface area contributed by atoms with E-state index < -0.39 is 17.7 Å². The van der Waals surface area contributed by atoms with Gasteiger partial charge in [-0.1, -0.05) is 0 Å². The number of carbonyl (C=O) groups excluding carboxylic acids is 1. The SMILES string of the molecule is C[C@H](N)C1=C(F)C(=O)CC=N1.Cl. The first kappa shape index (κ1) is 11.3. The maximum atomic E-state index is 12.8. The summed E-state index contributed by atoms with van der Waals surface area (Å²) < 4.78 is 12.8. The smallest absolute Gasteiger partial charge is 0.198 e. The topological polar surface area (TPSA) is 55.5 Å². The molecule has 0 fully saturated rings. The standard InChI is InChI=1S/C7H9FN2O.ClH/c1-4(9)7-6(8)5(11)2-3-10-7;/h3-4H,2,9H2,1H3;1H/t4-;/m0./s1. The van der Waals surface area contributed by atoms with Crippen LogP contribution in [0.3, 0.4) is 0 Å². The molecule has 0 unspecified atom stereocenters. The minimum absolute atomic E-state index is 0. The van der Waals surface area contributed by atoms with E-state index in [4.69, 9.17) is 5.73 Å². The second-order valence-electron chi connectivity index (χ2n) is 2.43. The fourth-order valence-corrected chi connectivity index (χ4v) is 0.833. The monoisotopic (exact) mass is 192 g/mol. The van der Waals surface area contributed by atoms with E-state index in [0.29, 0.717) is 0 Å². The Bertz CT molecular complexity index is 248. The second kappa shape index (κ2) is 4.33. The average Bonchev–Trinajstić information content (AvgIpc) is 1.94. The van der Waals surface area contributed by atoms with Gasteiger partial charge >= 0.3 is 0 Å². The van der Waals surface area contributed by atoms with E-state index in [2.05, 4.69) is 4.99 Å². The Balaban J connectivity index is 0.00000121. The molecule has 1 aliphatic rings. The van der Waals surface area contributed by atoms with Crippen LogP contribution in [-0.4, -0.2) is 18.0 Å². The lowest BCUT2D eigenvalue weighted by molar-refractivity contribution is -0.116. The van der Waals surface area contributed by atoms with Crippen LogP contribution in [0.1, 0.15) is 13.3 Å². The molecule has 0 amide bonds. The first-order valence-corrected chi connectivity index (χ1v) is 3.34. The van der Waals surface area contributed by atoms with Crippen molar-refractivity contribution >= 4 is 24.4 Å². The molecule has 2 N–H and O–H groups in total. The van der Waals surface area contributed by atoms with Crippen LogP contribution < -0.4 is 5.73 Å². The number of nitrogens with two attached hydrogens (primary N) is 1. The summed E-state index contributed by atoms with van der Waals surface area (Å²) in [6.07, 6.45) is 1.42. The highest BCUT2D eigenvalue weighted by molar-refractivity contribution is 6.04. The maximum absolute atomic E-state index is 12.8. The number of allylic oxidation sites excluding steroid dienone is 1. The van der Waals surface area contributed by atoms with Crippen LogP contribution in [0.4, 0.5) is 4.39 Å². The molecule has 5 heteroatoms. The zero-order valence-electron chi connectivity index (χ0n) is 6.58. The molecule has 0 aromatic rings. The third-order valence-corrected chi connectivity index (χ3v) is 1.41. The largest absolute Gasteiger partial charge is 0.323 e. The third kappa shape index (κ3) is 2.12. The molecule has 0 aromatic heterocycles. The van der Waals surface area contributed by atoms with Gasteiger partial charge in [-0.3, -0.25) is 9.79 Å². The molecule has 68 valence electrons. The van der Waals surface area contributed by atoms with Crippen molar-refractivity contribution in [3.8, 4) is 0 Å². The summed E-state index contributed by atoms with van der Waals surface area (Å²) in [6, 6.07) is -0.518. The normalized spacial score (nSPS) is 19.1. The maximum Gasteiger partial charge on any atom is 0.198 e. The highest BCUT2D eigenvalue weighted by atomic mass is 35.5. The molecule has 0 aromatic carbocycles. The molecule has 1 rings (SSSR count). The Kier molecular flexibility index (Phi) is 4.06. The van der Waals surface area contributed by atoms with E-state index in [0.717, 1.165) is 0 Å². The lowest BCUT2D eigenvalue weighted by Gasteiger charge is -2.10. The van der Waals surface area contributed by atoms with Gasteiger partial charge in [0.25, 0.3) is 0 Å². The molecule has 1 aliphatic heterocycles. The Morgan fingerprint density at radius 1 is 1.75 bits per heavy atom. The van der Waals surface area contributed by atoms with Crippen LogP contribution in [0.15, 0.2) is 16.5 Å². The quantitative estimate of drug-likeness (QED) is 0.674. The number of hydrogen-bond donors (Lipinski definition) is 1. The molecular formula is C7H10ClFN2O. The zero-order valence-corrected chi connectivity index (χ0v) is 7.40. The minimum atomic E-state index is -0.789. The zero-order chi connectivity index (χ0) is 8.43. The molecule has 0 saturated heterocycles. The summed E-state index contributed by atoms with van der Waals surface area (Å²) in [6.45, 7) is 1.59. The molecule has 0 bridgehead atoms. The molecule has 1 atom stereocenters. The van der Waals surface area contributed by atoms with Crippen molar-refractivity contribution in [2.24, 2.45) is 10.7 Å². The summed E-state index contributed by atoms with van der Waals surface area (Å²) in [7, 11) is 0. The Labute approximate surface area is 75.9 Å². The van der Waals surface area contributed by atoms with E-state index in [-0.39, 0.29) is 24.5 Å². The van der Waals surface area contributed by atoms with Crippen LogP contribution in [-0.2, 0) is 4.79 Å². The van der Waals surface area contributed by atoms with Crippen LogP contribution in [0, 0.1) is 0 Å². The minimum Gasteiger partial charge on any atom is -0.323 e. The van der Waals surface area contributed by atoms with Gasteiger partial charge in [-0.25, -0.2) is 4.39 Å². The van der Waals surface area contributed by atoms with E-state index in [1.54, 1.807) is 6.92 Å². The van der Waals surface area contributed by atoms with Crippen molar-refractivity contribution in [2.45, 2.75) is 19.4 Å². The van der Waals surface area contributed by atoms with Gasteiger partial charge < -0.3 is 5.73 Å². The van der Waals surface area contributed by atoms with E-state index in [1.165, 1.54) is 6.21 Å². The van der Waals surface area contributed by atoms with Gasteiger partial charge in [0, 0.05) is 18.7 Å². The molecule has 12 heavy (non-hydrogen) atoms. The van der Waals surface area contributed by atoms with Gasteiger partial charge in [0.15, 0.2) is 11.6 Å². The molecule has 3 nitrogen and oxygen atoms in total. The molecular weight excluding hydrogens is 183 g/mol. The summed E-state index contributed by atoms with van der Waals surface area (Å²) in [4.78, 5) is 14.4. The van der Waals surface area contributed by atoms with E-state index in [9.17, 15) is 9.18 Å². The highest BCUT2D eigenvalue weighted by Gasteiger charge is 2.19. The second-order valence-corrected chi connectivity index (χ2v) is 2.43. The molecule has 0 radical (unpaired) electrons. The Morgan fingerprint density at radius 2 is 2.33 bits per heavy atom. The number of halogens is 2. The number of rotatable bonds is 1. The average molecular weight is 193 g/mol. The van der Waals surface area contributed by atoms with Gasteiger partial charge in [-0.05, 0) is 6.92 Å². The number of aliphatic imine (C=N–C) groups is 1. The highest BCUT2D eigenvalue weighted by Crippen LogP contribution is 2.16. The van der Waals surface area contributed by atoms with Crippen LogP contribution in [0.5, 0.6) is 0 Å². The van der Waals surface area contributed by atoms with Crippen molar-refractivity contribution in [2.75, 3.05) is 0 Å². The summed E-state index contributed by atoms with van der Waals surface area (Å²) in [5, 5.41) is 0. The predicted octanol–water partition coefficient (Wildman–Crippen LogP) is 0.980. The molecule has 0 aliphatic carbocycles. The van der Waals surface area contributed by atoms with Crippen molar-refractivity contribution in [3.05, 3.63) is 11.5 Å². The Hall–Kier alpha value is -0.740. The summed E-state index contributed by atoms with van der Waals surface area (Å²) in [5.41, 5.74) is 5.41. The first-order valence-electron chi connectivity index (χ1n) is 3.34. The van der Waals surface area contributed by atoms with Gasteiger partial charge in [0.2, 0.25) is 0 Å². The van der Waals surface area contributed by atoms with Crippen molar-refractivity contribution in [1.29, 1.82) is 0 Å². The van der Waals surface area contributed by atoms with Gasteiger partial charge in [-0.15, -0.1) is 12.4 Å². The number of hydrogen-bond acceptors (Lipinski definition) is 3. The number of ketones is 1. The Morgan fingerprint density at radius 3 is 2.75 bits per heavy atom. The van der Waals surface area contributed by atoms with Gasteiger partial charge in [-0.2, -0.15) is 0 Å². The lowest BCUT2D eigenvalue weighted by Crippen LogP contribution is -2.22. The van der Waals surface area contributed by atoms with Crippen molar-refractivity contribution in [1.82, 2.24) is 0 Å². The van der Waals surface area contributed by atoms with Crippen LogP contribution in [0.25, 0.3) is 0 Å². The molecule has 1 heterocycles. The summed E-state index contributed by atoms with van der Waals surface area (Å²) >= 11 is 0. The predicted molar refractivity (Wildman–Crippen MR) is 47.1 cm³/mol. The molecule has 0 saturated carbocycles. The van der Waals surface area contributed by atoms with E-state index in [1.807, 2.05) is 0 Å². The number of Topliss-reactive ketones (excluding diaryl/α,β-unsaturated/α-hetero) is 1. The van der Waals surface area contributed by atoms with Crippen LogP contribution >= 0.6 is 12.4 Å². The van der Waals surface area contributed by atoms with Crippen molar-refractivity contribution in [3.63, 3.8) is 0 Å². The van der Waals surface area contributed by atoms with Crippen LogP contribution in [0.2, 0.25) is 0 Å².